The number of rotatable bonds is 5. The number of carboxylic acid groups (broad SMARTS) is 1. The summed E-state index contributed by atoms with van der Waals surface area (Å²) in [6.45, 7) is 3.17. The molecular weight excluding hydrogens is 234 g/mol. The van der Waals surface area contributed by atoms with E-state index in [9.17, 15) is 9.59 Å². The number of benzene rings is 1. The van der Waals surface area contributed by atoms with E-state index in [2.05, 4.69) is 5.32 Å². The summed E-state index contributed by atoms with van der Waals surface area (Å²) >= 11 is 0. The lowest BCUT2D eigenvalue weighted by molar-refractivity contribution is -0.151. The Hall–Kier alpha value is -1.88. The average molecular weight is 251 g/mol. The average Bonchev–Trinajstić information content (AvgIpc) is 2.29. The molecule has 0 aromatic heterocycles. The molecule has 0 radical (unpaired) electrons. The van der Waals surface area contributed by atoms with Gasteiger partial charge in [0, 0.05) is 12.8 Å². The van der Waals surface area contributed by atoms with Gasteiger partial charge < -0.3 is 15.2 Å². The molecular formula is C13H17NO4. The molecule has 0 aliphatic carbocycles. The van der Waals surface area contributed by atoms with Crippen LogP contribution in [-0.4, -0.2) is 24.1 Å². The summed E-state index contributed by atoms with van der Waals surface area (Å²) in [4.78, 5) is 22.8. The highest BCUT2D eigenvalue weighted by molar-refractivity contribution is 6.07. The number of amides is 1. The smallest absolute Gasteiger partial charge is 0.318 e. The highest BCUT2D eigenvalue weighted by Crippen LogP contribution is 2.19. The van der Waals surface area contributed by atoms with Crippen molar-refractivity contribution in [2.24, 2.45) is 5.41 Å². The fraction of sp³-hybridized carbons (Fsp3) is 0.385. The minimum Gasteiger partial charge on any atom is -0.480 e. The Bertz CT molecular complexity index is 454. The first kappa shape index (κ1) is 14.2. The molecule has 0 saturated heterocycles. The molecule has 0 bridgehead atoms. The molecule has 0 fully saturated rings. The van der Waals surface area contributed by atoms with E-state index in [0.29, 0.717) is 12.3 Å². The van der Waals surface area contributed by atoms with E-state index in [4.69, 9.17) is 9.84 Å². The van der Waals surface area contributed by atoms with Crippen molar-refractivity contribution >= 4 is 17.6 Å². The zero-order chi connectivity index (χ0) is 13.8. The predicted octanol–water partition coefficient (Wildman–Crippen LogP) is 1.88. The van der Waals surface area contributed by atoms with E-state index < -0.39 is 17.3 Å². The van der Waals surface area contributed by atoms with Crippen LogP contribution in [0.3, 0.4) is 0 Å². The van der Waals surface area contributed by atoms with E-state index in [1.54, 1.807) is 25.3 Å². The molecule has 0 spiro atoms. The maximum Gasteiger partial charge on any atom is 0.318 e. The van der Waals surface area contributed by atoms with E-state index in [1.165, 1.54) is 13.8 Å². The van der Waals surface area contributed by atoms with Crippen LogP contribution in [0.15, 0.2) is 24.3 Å². The molecule has 5 heteroatoms. The Labute approximate surface area is 106 Å². The first-order valence-electron chi connectivity index (χ1n) is 5.50. The van der Waals surface area contributed by atoms with Crippen molar-refractivity contribution in [2.45, 2.75) is 20.5 Å². The maximum atomic E-state index is 11.8. The highest BCUT2D eigenvalue weighted by Gasteiger charge is 2.35. The molecule has 2 N–H and O–H groups in total. The minimum atomic E-state index is -1.46. The largest absolute Gasteiger partial charge is 0.480 e. The number of carbonyl (C=O) groups is 2. The van der Waals surface area contributed by atoms with E-state index in [1.807, 2.05) is 6.07 Å². The third-order valence-electron chi connectivity index (χ3n) is 2.60. The molecule has 1 amide bonds. The summed E-state index contributed by atoms with van der Waals surface area (Å²) in [5.74, 6) is -1.71. The van der Waals surface area contributed by atoms with Crippen LogP contribution in [0.25, 0.3) is 0 Å². The van der Waals surface area contributed by atoms with Crippen LogP contribution in [0.2, 0.25) is 0 Å². The lowest BCUT2D eigenvalue weighted by Gasteiger charge is -2.18. The van der Waals surface area contributed by atoms with Crippen LogP contribution in [0.5, 0.6) is 0 Å². The number of anilines is 1. The Balaban J connectivity index is 2.82. The van der Waals surface area contributed by atoms with Crippen LogP contribution in [0.1, 0.15) is 19.4 Å². The zero-order valence-electron chi connectivity index (χ0n) is 10.7. The Kier molecular flexibility index (Phi) is 4.44. The van der Waals surface area contributed by atoms with Gasteiger partial charge in [0.15, 0.2) is 0 Å². The van der Waals surface area contributed by atoms with Gasteiger partial charge in [-0.2, -0.15) is 0 Å². The molecule has 18 heavy (non-hydrogen) atoms. The summed E-state index contributed by atoms with van der Waals surface area (Å²) in [7, 11) is 1.58. The number of carboxylic acids is 1. The predicted molar refractivity (Wildman–Crippen MR) is 67.2 cm³/mol. The van der Waals surface area contributed by atoms with Crippen molar-refractivity contribution < 1.29 is 19.4 Å². The molecule has 0 saturated carbocycles. The number of nitrogens with one attached hydrogen (secondary N) is 1. The van der Waals surface area contributed by atoms with Crippen LogP contribution in [0.4, 0.5) is 5.69 Å². The number of hydrogen-bond donors (Lipinski definition) is 2. The molecule has 0 heterocycles. The van der Waals surface area contributed by atoms with Gasteiger partial charge >= 0.3 is 5.97 Å². The second-order valence-electron chi connectivity index (χ2n) is 4.52. The van der Waals surface area contributed by atoms with Crippen LogP contribution >= 0.6 is 0 Å². The molecule has 1 rings (SSSR count). The first-order chi connectivity index (χ1) is 8.37. The summed E-state index contributed by atoms with van der Waals surface area (Å²) in [5.41, 5.74) is 0.00405. The topological polar surface area (TPSA) is 75.6 Å². The van der Waals surface area contributed by atoms with Crippen molar-refractivity contribution in [3.8, 4) is 0 Å². The van der Waals surface area contributed by atoms with Gasteiger partial charge in [-0.3, -0.25) is 9.59 Å². The molecule has 0 aliphatic rings. The second-order valence-corrected chi connectivity index (χ2v) is 4.52. The maximum absolute atomic E-state index is 11.8. The fourth-order valence-electron chi connectivity index (χ4n) is 1.29. The SMILES string of the molecule is COCc1cccc(NC(=O)C(C)(C)C(=O)O)c1. The molecule has 5 nitrogen and oxygen atoms in total. The number of methoxy groups -OCH3 is 1. The number of aliphatic carboxylic acids is 1. The van der Waals surface area contributed by atoms with E-state index >= 15 is 0 Å². The number of hydrogen-bond acceptors (Lipinski definition) is 3. The summed E-state index contributed by atoms with van der Waals surface area (Å²) in [6.07, 6.45) is 0. The standard InChI is InChI=1S/C13H17NO4/c1-13(2,12(16)17)11(15)14-10-6-4-5-9(7-10)8-18-3/h4-7H,8H2,1-3H3,(H,14,15)(H,16,17). The highest BCUT2D eigenvalue weighted by atomic mass is 16.5. The second kappa shape index (κ2) is 5.64. The van der Waals surface area contributed by atoms with Gasteiger partial charge in [0.1, 0.15) is 5.41 Å². The van der Waals surface area contributed by atoms with Gasteiger partial charge in [0.05, 0.1) is 6.61 Å². The van der Waals surface area contributed by atoms with Crippen LogP contribution in [-0.2, 0) is 20.9 Å². The van der Waals surface area contributed by atoms with Crippen LogP contribution in [0, 0.1) is 5.41 Å². The molecule has 0 atom stereocenters. The number of carbonyl (C=O) groups excluding carboxylic acids is 1. The molecule has 0 unspecified atom stereocenters. The van der Waals surface area contributed by atoms with Crippen molar-refractivity contribution in [3.63, 3.8) is 0 Å². The lowest BCUT2D eigenvalue weighted by atomic mass is 9.92. The van der Waals surface area contributed by atoms with Gasteiger partial charge in [-0.1, -0.05) is 12.1 Å². The van der Waals surface area contributed by atoms with Crippen molar-refractivity contribution in [1.82, 2.24) is 0 Å². The van der Waals surface area contributed by atoms with E-state index in [-0.39, 0.29) is 0 Å². The Morgan fingerprint density at radius 3 is 2.61 bits per heavy atom. The molecule has 98 valence electrons. The lowest BCUT2D eigenvalue weighted by Crippen LogP contribution is -2.37. The third kappa shape index (κ3) is 3.30. The van der Waals surface area contributed by atoms with Crippen LogP contribution < -0.4 is 5.32 Å². The minimum absolute atomic E-state index is 0.437. The van der Waals surface area contributed by atoms with Gasteiger partial charge in [-0.25, -0.2) is 0 Å². The van der Waals surface area contributed by atoms with Gasteiger partial charge in [-0.15, -0.1) is 0 Å². The molecule has 1 aromatic carbocycles. The Morgan fingerprint density at radius 1 is 1.39 bits per heavy atom. The molecule has 1 aromatic rings. The van der Waals surface area contributed by atoms with Crippen molar-refractivity contribution in [3.05, 3.63) is 29.8 Å². The van der Waals surface area contributed by atoms with Gasteiger partial charge in [0.25, 0.3) is 0 Å². The third-order valence-corrected chi connectivity index (χ3v) is 2.60. The summed E-state index contributed by atoms with van der Waals surface area (Å²) in [5, 5.41) is 11.5. The summed E-state index contributed by atoms with van der Waals surface area (Å²) in [6, 6.07) is 7.09. The van der Waals surface area contributed by atoms with E-state index in [0.717, 1.165) is 5.56 Å². The van der Waals surface area contributed by atoms with Gasteiger partial charge in [-0.05, 0) is 31.5 Å². The quantitative estimate of drug-likeness (QED) is 0.783. The van der Waals surface area contributed by atoms with Crippen molar-refractivity contribution in [2.75, 3.05) is 12.4 Å². The summed E-state index contributed by atoms with van der Waals surface area (Å²) < 4.78 is 4.99. The monoisotopic (exact) mass is 251 g/mol. The first-order valence-corrected chi connectivity index (χ1v) is 5.50. The van der Waals surface area contributed by atoms with Crippen molar-refractivity contribution in [1.29, 1.82) is 0 Å². The Morgan fingerprint density at radius 2 is 2.06 bits per heavy atom. The normalized spacial score (nSPS) is 11.1. The van der Waals surface area contributed by atoms with Gasteiger partial charge in [0.2, 0.25) is 5.91 Å². The fourth-order valence-corrected chi connectivity index (χ4v) is 1.29. The molecule has 0 aliphatic heterocycles. The number of ether oxygens (including phenoxy) is 1. The zero-order valence-corrected chi connectivity index (χ0v) is 10.7.